The quantitative estimate of drug-likeness (QED) is 0.201. The summed E-state index contributed by atoms with van der Waals surface area (Å²) in [6, 6.07) is 23.2. The molecule has 4 N–H and O–H groups in total. The number of carboxylic acids is 3. The molecule has 3 heterocycles. The van der Waals surface area contributed by atoms with E-state index in [1.807, 2.05) is 36.8 Å². The topological polar surface area (TPSA) is 166 Å². The van der Waals surface area contributed by atoms with Gasteiger partial charge in [-0.1, -0.05) is 35.9 Å². The number of nitrogens with zero attached hydrogens (tertiary/aromatic N) is 4. The first-order chi connectivity index (χ1) is 19.6. The molecule has 0 amide bonds. The van der Waals surface area contributed by atoms with Crippen LogP contribution in [0.3, 0.4) is 0 Å². The van der Waals surface area contributed by atoms with Crippen LogP contribution in [0.15, 0.2) is 91.5 Å². The average molecular weight is 561 g/mol. The van der Waals surface area contributed by atoms with E-state index >= 15 is 0 Å². The Hall–Kier alpha value is -4.87. The Morgan fingerprint density at radius 2 is 1.39 bits per heavy atom. The molecule has 0 bridgehead atoms. The fourth-order valence-electron chi connectivity index (χ4n) is 4.07. The van der Waals surface area contributed by atoms with Gasteiger partial charge < -0.3 is 25.0 Å². The van der Waals surface area contributed by atoms with Crippen LogP contribution in [0.4, 0.5) is 0 Å². The number of carbonyl (C=O) groups is 3. The fraction of sp³-hybridized carbons (Fsp3) is 0.233. The first-order valence-corrected chi connectivity index (χ1v) is 12.7. The van der Waals surface area contributed by atoms with Crippen LogP contribution in [-0.2, 0) is 34.0 Å². The van der Waals surface area contributed by atoms with Crippen LogP contribution in [0.1, 0.15) is 35.2 Å². The molecule has 0 aliphatic carbocycles. The Labute approximate surface area is 237 Å². The summed E-state index contributed by atoms with van der Waals surface area (Å²) in [5.41, 5.74) is 2.35. The van der Waals surface area contributed by atoms with Gasteiger partial charge in [-0.3, -0.25) is 19.5 Å². The number of aromatic nitrogens is 3. The van der Waals surface area contributed by atoms with E-state index in [-0.39, 0.29) is 0 Å². The van der Waals surface area contributed by atoms with Crippen molar-refractivity contribution < 1.29 is 34.8 Å². The number of pyridine rings is 2. The van der Waals surface area contributed by atoms with Crippen LogP contribution in [0, 0.1) is 6.92 Å². The van der Waals surface area contributed by atoms with Gasteiger partial charge in [0.2, 0.25) is 0 Å². The molecule has 0 fully saturated rings. The first-order valence-electron chi connectivity index (χ1n) is 12.7. The number of aliphatic hydroxyl groups is 1. The molecule has 0 saturated heterocycles. The minimum atomic E-state index is -2.74. The largest absolute Gasteiger partial charge is 0.481 e. The van der Waals surface area contributed by atoms with Gasteiger partial charge >= 0.3 is 17.9 Å². The van der Waals surface area contributed by atoms with E-state index in [1.54, 1.807) is 0 Å². The van der Waals surface area contributed by atoms with E-state index in [0.717, 1.165) is 25.5 Å². The Kier molecular flexibility index (Phi) is 10.8. The number of benzene rings is 1. The average Bonchev–Trinajstić information content (AvgIpc) is 3.38. The summed E-state index contributed by atoms with van der Waals surface area (Å²) in [5.74, 6) is -4.07. The van der Waals surface area contributed by atoms with E-state index in [0.29, 0.717) is 0 Å². The van der Waals surface area contributed by atoms with E-state index in [4.69, 9.17) is 20.4 Å². The predicted octanol–water partition coefficient (Wildman–Crippen LogP) is 3.53. The van der Waals surface area contributed by atoms with Crippen molar-refractivity contribution in [1.29, 1.82) is 0 Å². The number of carboxylic acid groups (broad SMARTS) is 3. The van der Waals surface area contributed by atoms with Gasteiger partial charge in [-0.25, -0.2) is 9.78 Å². The molecule has 4 rings (SSSR count). The van der Waals surface area contributed by atoms with Gasteiger partial charge in [0.25, 0.3) is 0 Å². The fourth-order valence-corrected chi connectivity index (χ4v) is 4.07. The smallest absolute Gasteiger partial charge is 0.336 e. The summed E-state index contributed by atoms with van der Waals surface area (Å²) < 4.78 is 2.16. The zero-order chi connectivity index (χ0) is 29.8. The van der Waals surface area contributed by atoms with E-state index < -0.39 is 36.4 Å². The molecular formula is C30H32N4O7. The van der Waals surface area contributed by atoms with Gasteiger partial charge in [0, 0.05) is 50.1 Å². The SMILES string of the molecule is Cc1ccc(CN(Cc2ccncc2)Cc2cccn2-c2ccccn2)cc1.O=C(O)CC(O)(CC(=O)O)C(=O)O. The molecule has 0 saturated carbocycles. The van der Waals surface area contributed by atoms with Crippen LogP contribution in [0.2, 0.25) is 0 Å². The number of aliphatic carboxylic acids is 3. The zero-order valence-corrected chi connectivity index (χ0v) is 22.5. The van der Waals surface area contributed by atoms with Crippen molar-refractivity contribution in [3.63, 3.8) is 0 Å². The normalized spacial score (nSPS) is 11.0. The lowest BCUT2D eigenvalue weighted by Crippen LogP contribution is -2.42. The summed E-state index contributed by atoms with van der Waals surface area (Å²) >= 11 is 0. The maximum Gasteiger partial charge on any atom is 0.336 e. The van der Waals surface area contributed by atoms with Gasteiger partial charge in [-0.2, -0.15) is 0 Å². The van der Waals surface area contributed by atoms with Gasteiger partial charge in [0.05, 0.1) is 12.8 Å². The van der Waals surface area contributed by atoms with Crippen molar-refractivity contribution >= 4 is 17.9 Å². The van der Waals surface area contributed by atoms with Crippen molar-refractivity contribution in [2.24, 2.45) is 0 Å². The molecule has 4 aromatic rings. The maximum absolute atomic E-state index is 10.3. The summed E-state index contributed by atoms with van der Waals surface area (Å²) in [5, 5.41) is 33.8. The maximum atomic E-state index is 10.3. The lowest BCUT2D eigenvalue weighted by molar-refractivity contribution is -0.170. The Morgan fingerprint density at radius 1 is 0.780 bits per heavy atom. The third-order valence-electron chi connectivity index (χ3n) is 6.08. The van der Waals surface area contributed by atoms with Gasteiger partial charge in [0.1, 0.15) is 5.82 Å². The van der Waals surface area contributed by atoms with Crippen LogP contribution in [-0.4, -0.2) is 63.4 Å². The van der Waals surface area contributed by atoms with Crippen molar-refractivity contribution in [3.05, 3.63) is 114 Å². The third-order valence-corrected chi connectivity index (χ3v) is 6.08. The molecule has 0 spiro atoms. The molecule has 0 unspecified atom stereocenters. The van der Waals surface area contributed by atoms with Crippen molar-refractivity contribution in [2.45, 2.75) is 45.0 Å². The highest BCUT2D eigenvalue weighted by Gasteiger charge is 2.40. The molecule has 41 heavy (non-hydrogen) atoms. The molecule has 3 aromatic heterocycles. The van der Waals surface area contributed by atoms with E-state index in [2.05, 4.69) is 81.1 Å². The predicted molar refractivity (Wildman–Crippen MR) is 149 cm³/mol. The van der Waals surface area contributed by atoms with Crippen LogP contribution >= 0.6 is 0 Å². The van der Waals surface area contributed by atoms with Gasteiger partial charge in [-0.15, -0.1) is 0 Å². The van der Waals surface area contributed by atoms with Gasteiger partial charge in [-0.05, 0) is 54.4 Å². The highest BCUT2D eigenvalue weighted by Crippen LogP contribution is 2.18. The molecular weight excluding hydrogens is 528 g/mol. The summed E-state index contributed by atoms with van der Waals surface area (Å²) in [6.45, 7) is 4.71. The van der Waals surface area contributed by atoms with Crippen LogP contribution < -0.4 is 0 Å². The second kappa shape index (κ2) is 14.5. The summed E-state index contributed by atoms with van der Waals surface area (Å²) in [6.07, 6.45) is 5.34. The highest BCUT2D eigenvalue weighted by atomic mass is 16.4. The molecule has 11 heteroatoms. The lowest BCUT2D eigenvalue weighted by atomic mass is 9.96. The third kappa shape index (κ3) is 9.67. The minimum absolute atomic E-state index is 0.833. The van der Waals surface area contributed by atoms with Crippen LogP contribution in [0.25, 0.3) is 5.82 Å². The molecule has 0 radical (unpaired) electrons. The second-order valence-electron chi connectivity index (χ2n) is 9.52. The summed E-state index contributed by atoms with van der Waals surface area (Å²) in [4.78, 5) is 41.6. The monoisotopic (exact) mass is 560 g/mol. The number of rotatable bonds is 12. The first kappa shape index (κ1) is 30.7. The molecule has 0 aliphatic rings. The second-order valence-corrected chi connectivity index (χ2v) is 9.52. The highest BCUT2D eigenvalue weighted by molar-refractivity contribution is 5.88. The van der Waals surface area contributed by atoms with E-state index in [9.17, 15) is 14.4 Å². The van der Waals surface area contributed by atoms with Crippen molar-refractivity contribution in [3.8, 4) is 5.82 Å². The number of hydrogen-bond acceptors (Lipinski definition) is 7. The minimum Gasteiger partial charge on any atom is -0.481 e. The van der Waals surface area contributed by atoms with Crippen molar-refractivity contribution in [2.75, 3.05) is 0 Å². The van der Waals surface area contributed by atoms with Crippen molar-refractivity contribution in [1.82, 2.24) is 19.4 Å². The van der Waals surface area contributed by atoms with Gasteiger partial charge in [0.15, 0.2) is 5.60 Å². The standard InChI is InChI=1S/C24H24N4.C6H8O7/c1-20-7-9-21(10-8-20)17-27(18-22-11-14-25-15-12-22)19-23-5-4-16-28(23)24-6-2-3-13-26-24;7-3(8)1-6(13,5(11)12)2-4(9)10/h2-16H,17-19H2,1H3;13H,1-2H2,(H,7,8)(H,9,10)(H,11,12). The number of aryl methyl sites for hydroxylation is 1. The molecule has 0 aliphatic heterocycles. The molecule has 1 aromatic carbocycles. The molecule has 0 atom stereocenters. The zero-order valence-electron chi connectivity index (χ0n) is 22.5. The summed E-state index contributed by atoms with van der Waals surface area (Å²) in [7, 11) is 0. The van der Waals surface area contributed by atoms with Crippen LogP contribution in [0.5, 0.6) is 0 Å². The number of hydrogen-bond donors (Lipinski definition) is 4. The Morgan fingerprint density at radius 3 is 1.93 bits per heavy atom. The Balaban J connectivity index is 0.000000302. The molecule has 11 nitrogen and oxygen atoms in total. The molecule has 214 valence electrons. The Bertz CT molecular complexity index is 1410. The van der Waals surface area contributed by atoms with E-state index in [1.165, 1.54) is 22.4 Å². The lowest BCUT2D eigenvalue weighted by Gasteiger charge is -2.23.